The molecule has 0 aliphatic heterocycles. The standard InChI is InChI=1S/C13H17N3O/c1-3-16-9-11(6-8-14-10(2)17)12-5-4-7-15-13(12)16/h4-5,7,9H,3,6,8H2,1-2H3,(H,14,17). The number of fused-ring (bicyclic) bond motifs is 1. The van der Waals surface area contributed by atoms with Crippen molar-refractivity contribution in [1.29, 1.82) is 0 Å². The lowest BCUT2D eigenvalue weighted by Gasteiger charge is -2.00. The van der Waals surface area contributed by atoms with Crippen molar-refractivity contribution in [2.45, 2.75) is 26.8 Å². The molecule has 2 heterocycles. The molecule has 1 amide bonds. The Balaban J connectivity index is 2.24. The maximum absolute atomic E-state index is 10.8. The normalized spacial score (nSPS) is 10.7. The number of rotatable bonds is 4. The zero-order valence-electron chi connectivity index (χ0n) is 10.2. The van der Waals surface area contributed by atoms with E-state index in [2.05, 4.69) is 34.1 Å². The predicted octanol–water partition coefficient (Wildman–Crippen LogP) is 1.73. The third kappa shape index (κ3) is 2.46. The number of hydrogen-bond donors (Lipinski definition) is 1. The first-order chi connectivity index (χ1) is 8.22. The lowest BCUT2D eigenvalue weighted by atomic mass is 10.1. The molecule has 0 fully saturated rings. The average Bonchev–Trinajstić information content (AvgIpc) is 2.68. The highest BCUT2D eigenvalue weighted by atomic mass is 16.1. The molecule has 0 radical (unpaired) electrons. The van der Waals surface area contributed by atoms with E-state index in [0.29, 0.717) is 6.54 Å². The predicted molar refractivity (Wildman–Crippen MR) is 67.8 cm³/mol. The van der Waals surface area contributed by atoms with Gasteiger partial charge in [-0.15, -0.1) is 0 Å². The van der Waals surface area contributed by atoms with E-state index < -0.39 is 0 Å². The Kier molecular flexibility index (Phi) is 3.42. The summed E-state index contributed by atoms with van der Waals surface area (Å²) in [7, 11) is 0. The van der Waals surface area contributed by atoms with Gasteiger partial charge in [-0.3, -0.25) is 4.79 Å². The van der Waals surface area contributed by atoms with Gasteiger partial charge in [-0.25, -0.2) is 4.98 Å². The number of hydrogen-bond acceptors (Lipinski definition) is 2. The van der Waals surface area contributed by atoms with Crippen LogP contribution in [-0.2, 0) is 17.8 Å². The first-order valence-corrected chi connectivity index (χ1v) is 5.89. The minimum Gasteiger partial charge on any atom is -0.356 e. The van der Waals surface area contributed by atoms with E-state index in [-0.39, 0.29) is 5.91 Å². The lowest BCUT2D eigenvalue weighted by molar-refractivity contribution is -0.118. The van der Waals surface area contributed by atoms with Crippen LogP contribution in [0.2, 0.25) is 0 Å². The third-order valence-electron chi connectivity index (χ3n) is 2.83. The number of aryl methyl sites for hydroxylation is 1. The number of carbonyl (C=O) groups is 1. The van der Waals surface area contributed by atoms with Crippen LogP contribution in [0.15, 0.2) is 24.5 Å². The molecule has 2 aromatic rings. The molecule has 0 bridgehead atoms. The minimum absolute atomic E-state index is 0.0161. The maximum Gasteiger partial charge on any atom is 0.216 e. The largest absolute Gasteiger partial charge is 0.356 e. The van der Waals surface area contributed by atoms with Crippen LogP contribution in [0.25, 0.3) is 11.0 Å². The molecule has 4 nitrogen and oxygen atoms in total. The van der Waals surface area contributed by atoms with Gasteiger partial charge in [0.15, 0.2) is 0 Å². The Morgan fingerprint density at radius 3 is 3.06 bits per heavy atom. The molecule has 17 heavy (non-hydrogen) atoms. The van der Waals surface area contributed by atoms with Crippen molar-refractivity contribution in [3.05, 3.63) is 30.1 Å². The molecule has 1 N–H and O–H groups in total. The molecule has 0 aliphatic carbocycles. The Labute approximate surface area is 101 Å². The molecule has 0 spiro atoms. The second kappa shape index (κ2) is 4.99. The fourth-order valence-corrected chi connectivity index (χ4v) is 2.01. The van der Waals surface area contributed by atoms with E-state index in [1.54, 1.807) is 0 Å². The lowest BCUT2D eigenvalue weighted by Crippen LogP contribution is -2.22. The molecule has 2 aromatic heterocycles. The summed E-state index contributed by atoms with van der Waals surface area (Å²) < 4.78 is 2.14. The van der Waals surface area contributed by atoms with Gasteiger partial charge in [-0.1, -0.05) is 0 Å². The molecule has 90 valence electrons. The van der Waals surface area contributed by atoms with E-state index in [1.807, 2.05) is 12.3 Å². The van der Waals surface area contributed by atoms with Crippen LogP contribution < -0.4 is 5.32 Å². The van der Waals surface area contributed by atoms with Crippen molar-refractivity contribution in [2.24, 2.45) is 0 Å². The minimum atomic E-state index is 0.0161. The van der Waals surface area contributed by atoms with Gasteiger partial charge < -0.3 is 9.88 Å². The van der Waals surface area contributed by atoms with Crippen molar-refractivity contribution in [3.63, 3.8) is 0 Å². The highest BCUT2D eigenvalue weighted by molar-refractivity contribution is 5.80. The van der Waals surface area contributed by atoms with Crippen molar-refractivity contribution in [3.8, 4) is 0 Å². The van der Waals surface area contributed by atoms with E-state index in [1.165, 1.54) is 17.9 Å². The van der Waals surface area contributed by atoms with E-state index in [4.69, 9.17) is 0 Å². The highest BCUT2D eigenvalue weighted by Gasteiger charge is 2.07. The second-order valence-corrected chi connectivity index (χ2v) is 4.05. The van der Waals surface area contributed by atoms with Crippen LogP contribution in [0.4, 0.5) is 0 Å². The van der Waals surface area contributed by atoms with Gasteiger partial charge in [-0.05, 0) is 31.0 Å². The van der Waals surface area contributed by atoms with Crippen molar-refractivity contribution >= 4 is 16.9 Å². The number of amides is 1. The maximum atomic E-state index is 10.8. The molecule has 2 rings (SSSR count). The number of nitrogens with zero attached hydrogens (tertiary/aromatic N) is 2. The number of pyridine rings is 1. The average molecular weight is 231 g/mol. The molecule has 0 aliphatic rings. The van der Waals surface area contributed by atoms with Crippen molar-refractivity contribution in [1.82, 2.24) is 14.9 Å². The van der Waals surface area contributed by atoms with E-state index >= 15 is 0 Å². The Bertz CT molecular complexity index is 530. The van der Waals surface area contributed by atoms with Crippen LogP contribution in [0.5, 0.6) is 0 Å². The van der Waals surface area contributed by atoms with Crippen molar-refractivity contribution < 1.29 is 4.79 Å². The SMILES string of the molecule is CCn1cc(CCNC(C)=O)c2cccnc21. The molecule has 4 heteroatoms. The van der Waals surface area contributed by atoms with Gasteiger partial charge in [0.2, 0.25) is 5.91 Å². The zero-order valence-corrected chi connectivity index (χ0v) is 10.2. The highest BCUT2D eigenvalue weighted by Crippen LogP contribution is 2.19. The van der Waals surface area contributed by atoms with Crippen LogP contribution >= 0.6 is 0 Å². The fourth-order valence-electron chi connectivity index (χ4n) is 2.01. The second-order valence-electron chi connectivity index (χ2n) is 4.05. The van der Waals surface area contributed by atoms with Gasteiger partial charge in [0.1, 0.15) is 5.65 Å². The summed E-state index contributed by atoms with van der Waals surface area (Å²) in [5.74, 6) is 0.0161. The molecular formula is C13H17N3O. The van der Waals surface area contributed by atoms with Gasteiger partial charge in [-0.2, -0.15) is 0 Å². The summed E-state index contributed by atoms with van der Waals surface area (Å²) in [6.07, 6.45) is 4.78. The molecule has 0 saturated heterocycles. The van der Waals surface area contributed by atoms with Gasteiger partial charge in [0.05, 0.1) is 0 Å². The zero-order chi connectivity index (χ0) is 12.3. The first kappa shape index (κ1) is 11.6. The summed E-state index contributed by atoms with van der Waals surface area (Å²) in [6.45, 7) is 5.23. The van der Waals surface area contributed by atoms with Crippen LogP contribution in [0.1, 0.15) is 19.4 Å². The number of carbonyl (C=O) groups excluding carboxylic acids is 1. The van der Waals surface area contributed by atoms with E-state index in [9.17, 15) is 4.79 Å². The van der Waals surface area contributed by atoms with Crippen molar-refractivity contribution in [2.75, 3.05) is 6.54 Å². The molecule has 0 aromatic carbocycles. The third-order valence-corrected chi connectivity index (χ3v) is 2.83. The van der Waals surface area contributed by atoms with Crippen LogP contribution in [-0.4, -0.2) is 22.0 Å². The summed E-state index contributed by atoms with van der Waals surface area (Å²) in [6, 6.07) is 4.03. The van der Waals surface area contributed by atoms with Crippen LogP contribution in [0.3, 0.4) is 0 Å². The van der Waals surface area contributed by atoms with Gasteiger partial charge in [0.25, 0.3) is 0 Å². The summed E-state index contributed by atoms with van der Waals surface area (Å²) in [4.78, 5) is 15.2. The fraction of sp³-hybridized carbons (Fsp3) is 0.385. The molecule has 0 saturated carbocycles. The number of nitrogens with one attached hydrogen (secondary N) is 1. The number of aromatic nitrogens is 2. The summed E-state index contributed by atoms with van der Waals surface area (Å²) in [5, 5.41) is 4.00. The molecule has 0 atom stereocenters. The van der Waals surface area contributed by atoms with Gasteiger partial charge in [0, 0.05) is 37.8 Å². The monoisotopic (exact) mass is 231 g/mol. The Hall–Kier alpha value is -1.84. The molecule has 0 unspecified atom stereocenters. The smallest absolute Gasteiger partial charge is 0.216 e. The Morgan fingerprint density at radius 1 is 1.53 bits per heavy atom. The summed E-state index contributed by atoms with van der Waals surface area (Å²) >= 11 is 0. The molecular weight excluding hydrogens is 214 g/mol. The topological polar surface area (TPSA) is 46.9 Å². The first-order valence-electron chi connectivity index (χ1n) is 5.89. The summed E-state index contributed by atoms with van der Waals surface area (Å²) in [5.41, 5.74) is 2.26. The van der Waals surface area contributed by atoms with Gasteiger partial charge >= 0.3 is 0 Å². The van der Waals surface area contributed by atoms with E-state index in [0.717, 1.165) is 18.6 Å². The van der Waals surface area contributed by atoms with Crippen LogP contribution in [0, 0.1) is 0 Å². The quantitative estimate of drug-likeness (QED) is 0.871. The Morgan fingerprint density at radius 2 is 2.35 bits per heavy atom.